The Balaban J connectivity index is 2.39. The Labute approximate surface area is 126 Å². The molecular formula is C14H19BrO5. The SMILES string of the molecule is CCCCOCC(O)COc1ccc(C(=O)O)cc1Br. The van der Waals surface area contributed by atoms with Crippen molar-refractivity contribution in [1.82, 2.24) is 0 Å². The topological polar surface area (TPSA) is 76.0 Å². The Morgan fingerprint density at radius 1 is 1.40 bits per heavy atom. The number of carboxylic acids is 1. The molecule has 1 aromatic carbocycles. The fourth-order valence-corrected chi connectivity index (χ4v) is 1.94. The number of ether oxygens (including phenoxy) is 2. The van der Waals surface area contributed by atoms with E-state index in [1.165, 1.54) is 12.1 Å². The van der Waals surface area contributed by atoms with Crippen molar-refractivity contribution in [2.24, 2.45) is 0 Å². The molecule has 6 heteroatoms. The zero-order valence-electron chi connectivity index (χ0n) is 11.3. The molecule has 0 aliphatic carbocycles. The largest absolute Gasteiger partial charge is 0.490 e. The van der Waals surface area contributed by atoms with Crippen LogP contribution in [0.4, 0.5) is 0 Å². The van der Waals surface area contributed by atoms with E-state index in [4.69, 9.17) is 14.6 Å². The van der Waals surface area contributed by atoms with Crippen molar-refractivity contribution in [3.8, 4) is 5.75 Å². The molecule has 1 rings (SSSR count). The molecule has 1 atom stereocenters. The van der Waals surface area contributed by atoms with Crippen molar-refractivity contribution in [2.45, 2.75) is 25.9 Å². The molecule has 0 saturated heterocycles. The first-order valence-electron chi connectivity index (χ1n) is 6.46. The predicted octanol–water partition coefficient (Wildman–Crippen LogP) is 2.70. The maximum Gasteiger partial charge on any atom is 0.335 e. The summed E-state index contributed by atoms with van der Waals surface area (Å²) in [4.78, 5) is 10.8. The molecule has 1 unspecified atom stereocenters. The van der Waals surface area contributed by atoms with Gasteiger partial charge in [-0.2, -0.15) is 0 Å². The smallest absolute Gasteiger partial charge is 0.335 e. The van der Waals surface area contributed by atoms with Gasteiger partial charge in [0.1, 0.15) is 18.5 Å². The number of aliphatic hydroxyl groups is 1. The van der Waals surface area contributed by atoms with E-state index >= 15 is 0 Å². The molecule has 5 nitrogen and oxygen atoms in total. The number of hydrogen-bond acceptors (Lipinski definition) is 4. The van der Waals surface area contributed by atoms with E-state index < -0.39 is 12.1 Å². The van der Waals surface area contributed by atoms with Crippen LogP contribution in [0.15, 0.2) is 22.7 Å². The van der Waals surface area contributed by atoms with Crippen LogP contribution in [-0.4, -0.2) is 42.1 Å². The van der Waals surface area contributed by atoms with Gasteiger partial charge in [0.2, 0.25) is 0 Å². The number of benzene rings is 1. The Bertz CT molecular complexity index is 436. The summed E-state index contributed by atoms with van der Waals surface area (Å²) in [5, 5.41) is 18.5. The molecular weight excluding hydrogens is 328 g/mol. The van der Waals surface area contributed by atoms with Gasteiger partial charge >= 0.3 is 5.97 Å². The van der Waals surface area contributed by atoms with Crippen LogP contribution in [-0.2, 0) is 4.74 Å². The highest BCUT2D eigenvalue weighted by atomic mass is 79.9. The lowest BCUT2D eigenvalue weighted by atomic mass is 10.2. The number of carboxylic acid groups (broad SMARTS) is 1. The van der Waals surface area contributed by atoms with Crippen molar-refractivity contribution in [1.29, 1.82) is 0 Å². The molecule has 0 amide bonds. The summed E-state index contributed by atoms with van der Waals surface area (Å²) in [6.07, 6.45) is 1.31. The molecule has 0 spiro atoms. The second-order valence-electron chi connectivity index (χ2n) is 4.34. The summed E-state index contributed by atoms with van der Waals surface area (Å²) in [7, 11) is 0. The van der Waals surface area contributed by atoms with Gasteiger partial charge in [-0.25, -0.2) is 4.79 Å². The zero-order valence-corrected chi connectivity index (χ0v) is 12.9. The summed E-state index contributed by atoms with van der Waals surface area (Å²) >= 11 is 3.24. The van der Waals surface area contributed by atoms with E-state index in [9.17, 15) is 9.90 Å². The van der Waals surface area contributed by atoms with Crippen molar-refractivity contribution < 1.29 is 24.5 Å². The molecule has 0 radical (unpaired) electrons. The molecule has 2 N–H and O–H groups in total. The maximum atomic E-state index is 10.8. The van der Waals surface area contributed by atoms with E-state index in [1.54, 1.807) is 6.07 Å². The maximum absolute atomic E-state index is 10.8. The fourth-order valence-electron chi connectivity index (χ4n) is 1.45. The minimum Gasteiger partial charge on any atom is -0.490 e. The van der Waals surface area contributed by atoms with Gasteiger partial charge in [-0.05, 0) is 40.5 Å². The second kappa shape index (κ2) is 8.94. The van der Waals surface area contributed by atoms with Crippen molar-refractivity contribution in [3.05, 3.63) is 28.2 Å². The van der Waals surface area contributed by atoms with Gasteiger partial charge in [-0.3, -0.25) is 0 Å². The van der Waals surface area contributed by atoms with E-state index in [1.807, 2.05) is 0 Å². The molecule has 0 heterocycles. The highest BCUT2D eigenvalue weighted by molar-refractivity contribution is 9.10. The van der Waals surface area contributed by atoms with E-state index in [0.717, 1.165) is 12.8 Å². The monoisotopic (exact) mass is 346 g/mol. The second-order valence-corrected chi connectivity index (χ2v) is 5.20. The van der Waals surface area contributed by atoms with Crippen LogP contribution in [0, 0.1) is 0 Å². The predicted molar refractivity (Wildman–Crippen MR) is 78.3 cm³/mol. The lowest BCUT2D eigenvalue weighted by Crippen LogP contribution is -2.23. The third-order valence-electron chi connectivity index (χ3n) is 2.56. The molecule has 0 aliphatic rings. The molecule has 0 saturated carbocycles. The lowest BCUT2D eigenvalue weighted by molar-refractivity contribution is 0.0111. The summed E-state index contributed by atoms with van der Waals surface area (Å²) < 4.78 is 11.2. The number of aliphatic hydroxyl groups excluding tert-OH is 1. The molecule has 20 heavy (non-hydrogen) atoms. The minimum atomic E-state index is -0.999. The van der Waals surface area contributed by atoms with E-state index in [-0.39, 0.29) is 18.8 Å². The van der Waals surface area contributed by atoms with Gasteiger partial charge in [0.05, 0.1) is 16.6 Å². The summed E-state index contributed by atoms with van der Waals surface area (Å²) in [5.74, 6) is -0.510. The molecule has 112 valence electrons. The Morgan fingerprint density at radius 3 is 2.75 bits per heavy atom. The van der Waals surface area contributed by atoms with E-state index in [2.05, 4.69) is 22.9 Å². The first-order valence-corrected chi connectivity index (χ1v) is 7.25. The van der Waals surface area contributed by atoms with E-state index in [0.29, 0.717) is 16.8 Å². The van der Waals surface area contributed by atoms with Crippen LogP contribution >= 0.6 is 15.9 Å². The number of unbranched alkanes of at least 4 members (excludes halogenated alkanes) is 1. The number of rotatable bonds is 9. The van der Waals surface area contributed by atoms with Gasteiger partial charge < -0.3 is 19.7 Å². The molecule has 0 bridgehead atoms. The van der Waals surface area contributed by atoms with Crippen LogP contribution in [0.1, 0.15) is 30.1 Å². The third-order valence-corrected chi connectivity index (χ3v) is 3.18. The number of carbonyl (C=O) groups is 1. The lowest BCUT2D eigenvalue weighted by Gasteiger charge is -2.14. The Hall–Kier alpha value is -1.11. The average Bonchev–Trinajstić information content (AvgIpc) is 2.42. The highest BCUT2D eigenvalue weighted by Crippen LogP contribution is 2.26. The van der Waals surface area contributed by atoms with Crippen LogP contribution in [0.3, 0.4) is 0 Å². The Morgan fingerprint density at radius 2 is 2.15 bits per heavy atom. The minimum absolute atomic E-state index is 0.0944. The molecule has 0 aromatic heterocycles. The standard InChI is InChI=1S/C14H19BrO5/c1-2-3-6-19-8-11(16)9-20-13-5-4-10(14(17)18)7-12(13)15/h4-5,7,11,16H,2-3,6,8-9H2,1H3,(H,17,18). The van der Waals surface area contributed by atoms with Crippen LogP contribution in [0.25, 0.3) is 0 Å². The van der Waals surface area contributed by atoms with Gasteiger partial charge in [0, 0.05) is 6.61 Å². The molecule has 1 aromatic rings. The van der Waals surface area contributed by atoms with Crippen molar-refractivity contribution in [3.63, 3.8) is 0 Å². The first kappa shape index (κ1) is 16.9. The summed E-state index contributed by atoms with van der Waals surface area (Å²) in [6, 6.07) is 4.46. The van der Waals surface area contributed by atoms with Crippen LogP contribution in [0.2, 0.25) is 0 Å². The number of aromatic carboxylic acids is 1. The van der Waals surface area contributed by atoms with Crippen molar-refractivity contribution >= 4 is 21.9 Å². The highest BCUT2D eigenvalue weighted by Gasteiger charge is 2.10. The first-order chi connectivity index (χ1) is 9.54. The van der Waals surface area contributed by atoms with Crippen LogP contribution in [0.5, 0.6) is 5.75 Å². The summed E-state index contributed by atoms with van der Waals surface area (Å²) in [6.45, 7) is 3.02. The molecule has 0 aliphatic heterocycles. The average molecular weight is 347 g/mol. The third kappa shape index (κ3) is 5.90. The van der Waals surface area contributed by atoms with Gasteiger partial charge in [0.15, 0.2) is 0 Å². The van der Waals surface area contributed by atoms with Gasteiger partial charge in [0.25, 0.3) is 0 Å². The summed E-state index contributed by atoms with van der Waals surface area (Å²) in [5.41, 5.74) is 0.174. The number of halogens is 1. The fraction of sp³-hybridized carbons (Fsp3) is 0.500. The van der Waals surface area contributed by atoms with Crippen LogP contribution < -0.4 is 4.74 Å². The molecule has 0 fully saturated rings. The quantitative estimate of drug-likeness (QED) is 0.672. The Kier molecular flexibility index (Phi) is 7.58. The van der Waals surface area contributed by atoms with Gasteiger partial charge in [-0.15, -0.1) is 0 Å². The van der Waals surface area contributed by atoms with Crippen molar-refractivity contribution in [2.75, 3.05) is 19.8 Å². The number of hydrogen-bond donors (Lipinski definition) is 2. The zero-order chi connectivity index (χ0) is 15.0. The van der Waals surface area contributed by atoms with Gasteiger partial charge in [-0.1, -0.05) is 13.3 Å². The normalized spacial score (nSPS) is 12.2.